The highest BCUT2D eigenvalue weighted by molar-refractivity contribution is 4.67. The average Bonchev–Trinajstić information content (AvgIpc) is 2.28. The second kappa shape index (κ2) is 7.49. The van der Waals surface area contributed by atoms with Crippen molar-refractivity contribution in [2.45, 2.75) is 55.4 Å². The van der Waals surface area contributed by atoms with Crippen LogP contribution in [0.1, 0.15) is 55.4 Å². The molecule has 1 rings (SSSR count). The fourth-order valence-electron chi connectivity index (χ4n) is 0.176. The van der Waals surface area contributed by atoms with E-state index in [0.717, 1.165) is 0 Å². The molecule has 0 unspecified atom stereocenters. The Morgan fingerprint density at radius 3 is 1.20 bits per heavy atom. The molecule has 0 bridgehead atoms. The summed E-state index contributed by atoms with van der Waals surface area (Å²) in [4.78, 5) is 0. The lowest BCUT2D eigenvalue weighted by atomic mass is 10.0. The third kappa shape index (κ3) is 93.7. The summed E-state index contributed by atoms with van der Waals surface area (Å²) < 4.78 is 4.33. The molecule has 0 aromatic carbocycles. The molecule has 0 N–H and O–H groups in total. The Morgan fingerprint density at radius 1 is 0.800 bits per heavy atom. The van der Waals surface area contributed by atoms with Crippen LogP contribution in [0, 0.1) is 10.8 Å². The van der Waals surface area contributed by atoms with Crippen LogP contribution in [0.4, 0.5) is 0 Å². The van der Waals surface area contributed by atoms with Crippen LogP contribution in [0.3, 0.4) is 0 Å². The smallest absolute Gasteiger partial charge is 0.123 e. The van der Waals surface area contributed by atoms with Crippen LogP contribution in [0.2, 0.25) is 0 Å². The summed E-state index contributed by atoms with van der Waals surface area (Å²) in [7, 11) is 0. The average molecular weight is 213 g/mol. The van der Waals surface area contributed by atoms with E-state index in [1.807, 2.05) is 0 Å². The summed E-state index contributed by atoms with van der Waals surface area (Å²) in [5.41, 5.74) is 1.00. The van der Waals surface area contributed by atoms with Gasteiger partial charge in [-0.25, -0.2) is 0 Å². The third-order valence-corrected chi connectivity index (χ3v) is 0.347. The van der Waals surface area contributed by atoms with Crippen molar-refractivity contribution in [1.82, 2.24) is 5.16 Å². The largest absolute Gasteiger partial charge is 0.365 e. The molecule has 0 spiro atoms. The molecular weight excluding hydrogens is 186 g/mol. The van der Waals surface area contributed by atoms with Crippen LogP contribution < -0.4 is 0 Å². The molecule has 0 radical (unpaired) electrons. The van der Waals surface area contributed by atoms with Gasteiger partial charge in [0.2, 0.25) is 0 Å². The van der Waals surface area contributed by atoms with Crippen molar-refractivity contribution in [3.05, 3.63) is 18.5 Å². The lowest BCUT2D eigenvalue weighted by Gasteiger charge is -2.05. The predicted molar refractivity (Wildman–Crippen MR) is 66.8 cm³/mol. The van der Waals surface area contributed by atoms with Crippen LogP contribution in [0.15, 0.2) is 23.0 Å². The van der Waals surface area contributed by atoms with E-state index in [2.05, 4.69) is 65.1 Å². The minimum absolute atomic E-state index is 0.500. The number of nitrogens with zero attached hydrogens (tertiary/aromatic N) is 1. The van der Waals surface area contributed by atoms with E-state index >= 15 is 0 Å². The lowest BCUT2D eigenvalue weighted by Crippen LogP contribution is -1.93. The van der Waals surface area contributed by atoms with E-state index in [0.29, 0.717) is 10.8 Å². The van der Waals surface area contributed by atoms with Gasteiger partial charge in [0.15, 0.2) is 0 Å². The summed E-state index contributed by atoms with van der Waals surface area (Å²) >= 11 is 0. The second-order valence-electron chi connectivity index (χ2n) is 6.69. The van der Waals surface area contributed by atoms with Gasteiger partial charge >= 0.3 is 0 Å². The Bertz CT molecular complexity index is 160. The SMILES string of the molecule is CC(C)(C)C.CC(C)(C)C.c1cnoc1. The topological polar surface area (TPSA) is 26.0 Å². The molecule has 0 aliphatic heterocycles. The minimum Gasteiger partial charge on any atom is -0.365 e. The summed E-state index contributed by atoms with van der Waals surface area (Å²) in [5.74, 6) is 0. The van der Waals surface area contributed by atoms with Crippen LogP contribution >= 0.6 is 0 Å². The second-order valence-corrected chi connectivity index (χ2v) is 6.69. The van der Waals surface area contributed by atoms with Crippen LogP contribution in [0.25, 0.3) is 0 Å². The Morgan fingerprint density at radius 2 is 1.13 bits per heavy atom. The first-order chi connectivity index (χ1) is 6.50. The quantitative estimate of drug-likeness (QED) is 0.620. The van der Waals surface area contributed by atoms with Gasteiger partial charge in [-0.05, 0) is 16.9 Å². The highest BCUT2D eigenvalue weighted by Crippen LogP contribution is 2.08. The molecule has 0 aliphatic carbocycles. The molecule has 1 heterocycles. The van der Waals surface area contributed by atoms with Crippen molar-refractivity contribution >= 4 is 0 Å². The zero-order valence-electron chi connectivity index (χ0n) is 11.6. The molecule has 0 saturated carbocycles. The van der Waals surface area contributed by atoms with Gasteiger partial charge in [0, 0.05) is 0 Å². The van der Waals surface area contributed by atoms with Gasteiger partial charge in [0.05, 0.1) is 6.20 Å². The summed E-state index contributed by atoms with van der Waals surface area (Å²) in [5, 5.41) is 3.35. The van der Waals surface area contributed by atoms with Gasteiger partial charge in [0.1, 0.15) is 6.26 Å². The van der Waals surface area contributed by atoms with Gasteiger partial charge < -0.3 is 4.52 Å². The van der Waals surface area contributed by atoms with Crippen molar-refractivity contribution in [2.75, 3.05) is 0 Å². The number of rotatable bonds is 0. The van der Waals surface area contributed by atoms with Crippen molar-refractivity contribution in [2.24, 2.45) is 10.8 Å². The summed E-state index contributed by atoms with van der Waals surface area (Å²) in [6.45, 7) is 17.5. The molecule has 0 amide bonds. The van der Waals surface area contributed by atoms with E-state index in [4.69, 9.17) is 0 Å². The van der Waals surface area contributed by atoms with E-state index < -0.39 is 0 Å². The predicted octanol–water partition coefficient (Wildman–Crippen LogP) is 4.78. The highest BCUT2D eigenvalue weighted by Gasteiger charge is 1.96. The van der Waals surface area contributed by atoms with Gasteiger partial charge in [0.25, 0.3) is 0 Å². The van der Waals surface area contributed by atoms with Crippen molar-refractivity contribution in [3.8, 4) is 0 Å². The first-order valence-electron chi connectivity index (χ1n) is 5.34. The van der Waals surface area contributed by atoms with Crippen molar-refractivity contribution < 1.29 is 4.52 Å². The minimum atomic E-state index is 0.500. The zero-order chi connectivity index (χ0) is 12.5. The fraction of sp³-hybridized carbons (Fsp3) is 0.769. The summed E-state index contributed by atoms with van der Waals surface area (Å²) in [6, 6.07) is 1.72. The van der Waals surface area contributed by atoms with Gasteiger partial charge in [-0.1, -0.05) is 60.5 Å². The Balaban J connectivity index is 0. The van der Waals surface area contributed by atoms with E-state index in [-0.39, 0.29) is 0 Å². The molecule has 0 saturated heterocycles. The normalized spacial score (nSPS) is 10.7. The lowest BCUT2D eigenvalue weighted by molar-refractivity contribution is 0.420. The zero-order valence-corrected chi connectivity index (χ0v) is 11.6. The van der Waals surface area contributed by atoms with E-state index in [1.165, 1.54) is 6.26 Å². The standard InChI is InChI=1S/2C5H12.C3H3NO/c2*1-5(2,3)4;1-2-4-5-3-1/h2*1-4H3;1-3H. The Labute approximate surface area is 95.1 Å². The maximum atomic E-state index is 4.33. The Hall–Kier alpha value is -0.790. The summed E-state index contributed by atoms with van der Waals surface area (Å²) in [6.07, 6.45) is 3.10. The van der Waals surface area contributed by atoms with Crippen molar-refractivity contribution in [1.29, 1.82) is 0 Å². The molecule has 0 aliphatic rings. The molecule has 0 fully saturated rings. The first kappa shape index (κ1) is 16.6. The van der Waals surface area contributed by atoms with E-state index in [9.17, 15) is 0 Å². The van der Waals surface area contributed by atoms with Gasteiger partial charge in [-0.3, -0.25) is 0 Å². The molecular formula is C13H27NO. The number of aromatic nitrogens is 1. The molecule has 90 valence electrons. The molecule has 2 nitrogen and oxygen atoms in total. The van der Waals surface area contributed by atoms with Crippen LogP contribution in [-0.2, 0) is 0 Å². The van der Waals surface area contributed by atoms with Crippen LogP contribution in [-0.4, -0.2) is 5.16 Å². The maximum Gasteiger partial charge on any atom is 0.123 e. The third-order valence-electron chi connectivity index (χ3n) is 0.347. The van der Waals surface area contributed by atoms with Gasteiger partial charge in [-0.15, -0.1) is 0 Å². The highest BCUT2D eigenvalue weighted by atomic mass is 16.5. The molecule has 2 heteroatoms. The maximum absolute atomic E-state index is 4.33. The van der Waals surface area contributed by atoms with Crippen molar-refractivity contribution in [3.63, 3.8) is 0 Å². The number of hydrogen-bond donors (Lipinski definition) is 0. The molecule has 15 heavy (non-hydrogen) atoms. The first-order valence-corrected chi connectivity index (χ1v) is 5.34. The van der Waals surface area contributed by atoms with E-state index in [1.54, 1.807) is 12.3 Å². The number of hydrogen-bond acceptors (Lipinski definition) is 2. The van der Waals surface area contributed by atoms with Crippen LogP contribution in [0.5, 0.6) is 0 Å². The van der Waals surface area contributed by atoms with Gasteiger partial charge in [-0.2, -0.15) is 0 Å². The molecule has 0 atom stereocenters. The Kier molecular flexibility index (Phi) is 8.31. The molecule has 1 aromatic heterocycles. The fourth-order valence-corrected chi connectivity index (χ4v) is 0.176. The monoisotopic (exact) mass is 213 g/mol. The molecule has 1 aromatic rings.